The van der Waals surface area contributed by atoms with Gasteiger partial charge in [0, 0.05) is 44.0 Å². The largest absolute Gasteiger partial charge is 0.381 e. The average Bonchev–Trinajstić information content (AvgIpc) is 3.45. The molecular formula is C24H28N4O. The monoisotopic (exact) mass is 388 g/mol. The van der Waals surface area contributed by atoms with Gasteiger partial charge < -0.3 is 14.6 Å². The number of nitrogens with zero attached hydrogens (tertiary/aromatic N) is 2. The van der Waals surface area contributed by atoms with Crippen molar-refractivity contribution in [2.24, 2.45) is 0 Å². The smallest absolute Gasteiger partial charge is 0.0956 e. The van der Waals surface area contributed by atoms with Crippen molar-refractivity contribution >= 4 is 0 Å². The normalized spacial score (nSPS) is 21.3. The molecule has 29 heavy (non-hydrogen) atoms. The molecule has 1 unspecified atom stereocenters. The molecule has 2 N–H and O–H groups in total. The minimum Gasteiger partial charge on any atom is -0.381 e. The molecule has 0 radical (unpaired) electrons. The van der Waals surface area contributed by atoms with Crippen molar-refractivity contribution < 1.29 is 4.74 Å². The Morgan fingerprint density at radius 1 is 1.00 bits per heavy atom. The van der Waals surface area contributed by atoms with Crippen molar-refractivity contribution in [2.75, 3.05) is 26.4 Å². The molecule has 2 aliphatic rings. The van der Waals surface area contributed by atoms with Gasteiger partial charge in [0.1, 0.15) is 0 Å². The van der Waals surface area contributed by atoms with E-state index in [1.807, 2.05) is 6.33 Å². The Morgan fingerprint density at radius 3 is 2.41 bits per heavy atom. The first-order valence-electron chi connectivity index (χ1n) is 10.5. The summed E-state index contributed by atoms with van der Waals surface area (Å²) < 4.78 is 8.14. The summed E-state index contributed by atoms with van der Waals surface area (Å²) in [6, 6.07) is 21.7. The minimum absolute atomic E-state index is 0.0783. The first-order valence-corrected chi connectivity index (χ1v) is 10.5. The Hall–Kier alpha value is -2.47. The van der Waals surface area contributed by atoms with Gasteiger partial charge in [-0.2, -0.15) is 0 Å². The molecule has 0 saturated carbocycles. The summed E-state index contributed by atoms with van der Waals surface area (Å²) in [5.74, 6) is 0. The molecular weight excluding hydrogens is 360 g/mol. The Kier molecular flexibility index (Phi) is 5.19. The number of ether oxygens (including phenoxy) is 1. The Labute approximate surface area is 172 Å². The van der Waals surface area contributed by atoms with Crippen molar-refractivity contribution in [1.82, 2.24) is 20.2 Å². The molecule has 1 atom stereocenters. The summed E-state index contributed by atoms with van der Waals surface area (Å²) in [5, 5.41) is 7.04. The van der Waals surface area contributed by atoms with Gasteiger partial charge in [0.15, 0.2) is 0 Å². The predicted molar refractivity (Wildman–Crippen MR) is 115 cm³/mol. The highest BCUT2D eigenvalue weighted by Crippen LogP contribution is 2.38. The highest BCUT2D eigenvalue weighted by Gasteiger charge is 2.36. The molecule has 2 fully saturated rings. The molecule has 3 aromatic rings. The Morgan fingerprint density at radius 2 is 1.72 bits per heavy atom. The predicted octanol–water partition coefficient (Wildman–Crippen LogP) is 3.49. The van der Waals surface area contributed by atoms with Gasteiger partial charge in [-0.05, 0) is 18.4 Å². The number of aromatic nitrogens is 2. The van der Waals surface area contributed by atoms with E-state index in [2.05, 4.69) is 75.9 Å². The van der Waals surface area contributed by atoms with E-state index < -0.39 is 0 Å². The average molecular weight is 389 g/mol. The lowest BCUT2D eigenvalue weighted by Crippen LogP contribution is -2.38. The summed E-state index contributed by atoms with van der Waals surface area (Å²) in [5.41, 5.74) is 5.03. The maximum atomic E-state index is 5.74. The fourth-order valence-corrected chi connectivity index (χ4v) is 4.80. The molecule has 5 heteroatoms. The standard InChI is InChI=1S/C24H28N4O/c1-3-7-19(8-4-1)22-23(21-15-25-17-26-21)28(18-27-22)16-24(11-13-29-14-12-24)20-9-5-2-6-10-20/h1-10,18,21,25-26H,11-17H2. The lowest BCUT2D eigenvalue weighted by molar-refractivity contribution is 0.0430. The summed E-state index contributed by atoms with van der Waals surface area (Å²) in [6.45, 7) is 4.31. The Balaban J connectivity index is 1.57. The lowest BCUT2D eigenvalue weighted by atomic mass is 9.74. The first kappa shape index (κ1) is 18.6. The van der Waals surface area contributed by atoms with E-state index in [0.29, 0.717) is 0 Å². The van der Waals surface area contributed by atoms with Crippen molar-refractivity contribution in [1.29, 1.82) is 0 Å². The summed E-state index contributed by atoms with van der Waals surface area (Å²) >= 11 is 0. The van der Waals surface area contributed by atoms with Crippen LogP contribution >= 0.6 is 0 Å². The summed E-state index contributed by atoms with van der Waals surface area (Å²) in [6.07, 6.45) is 4.11. The molecule has 2 aliphatic heterocycles. The molecule has 0 spiro atoms. The zero-order valence-corrected chi connectivity index (χ0v) is 16.7. The molecule has 0 bridgehead atoms. The van der Waals surface area contributed by atoms with Gasteiger partial charge in [0.25, 0.3) is 0 Å². The van der Waals surface area contributed by atoms with Crippen LogP contribution in [0.3, 0.4) is 0 Å². The number of rotatable bonds is 5. The number of hydrogen-bond acceptors (Lipinski definition) is 4. The van der Waals surface area contributed by atoms with E-state index in [1.54, 1.807) is 0 Å². The fourth-order valence-electron chi connectivity index (χ4n) is 4.80. The molecule has 2 aromatic carbocycles. The second-order valence-electron chi connectivity index (χ2n) is 8.12. The van der Waals surface area contributed by atoms with Crippen molar-refractivity contribution in [3.63, 3.8) is 0 Å². The molecule has 5 rings (SSSR count). The maximum absolute atomic E-state index is 5.74. The van der Waals surface area contributed by atoms with Gasteiger partial charge in [0.2, 0.25) is 0 Å². The van der Waals surface area contributed by atoms with Crippen LogP contribution in [0.15, 0.2) is 67.0 Å². The van der Waals surface area contributed by atoms with Gasteiger partial charge in [-0.15, -0.1) is 0 Å². The zero-order valence-electron chi connectivity index (χ0n) is 16.7. The minimum atomic E-state index is 0.0783. The van der Waals surface area contributed by atoms with Gasteiger partial charge in [-0.1, -0.05) is 60.7 Å². The van der Waals surface area contributed by atoms with Gasteiger partial charge >= 0.3 is 0 Å². The molecule has 5 nitrogen and oxygen atoms in total. The van der Waals surface area contributed by atoms with Gasteiger partial charge in [-0.25, -0.2) is 4.98 Å². The van der Waals surface area contributed by atoms with Crippen LogP contribution in [0.25, 0.3) is 11.3 Å². The fraction of sp³-hybridized carbons (Fsp3) is 0.375. The third-order valence-electron chi connectivity index (χ3n) is 6.39. The second kappa shape index (κ2) is 8.11. The van der Waals surface area contributed by atoms with Crippen LogP contribution in [0.5, 0.6) is 0 Å². The van der Waals surface area contributed by atoms with Crippen molar-refractivity contribution in [3.8, 4) is 11.3 Å². The molecule has 150 valence electrons. The number of nitrogens with one attached hydrogen (secondary N) is 2. The Bertz CT molecular complexity index is 926. The molecule has 2 saturated heterocycles. The number of benzene rings is 2. The van der Waals surface area contributed by atoms with Crippen LogP contribution in [-0.2, 0) is 16.7 Å². The highest BCUT2D eigenvalue weighted by molar-refractivity contribution is 5.62. The number of hydrogen-bond donors (Lipinski definition) is 2. The summed E-state index contributed by atoms with van der Waals surface area (Å²) in [4.78, 5) is 4.89. The van der Waals surface area contributed by atoms with E-state index >= 15 is 0 Å². The second-order valence-corrected chi connectivity index (χ2v) is 8.12. The summed E-state index contributed by atoms with van der Waals surface area (Å²) in [7, 11) is 0. The van der Waals surface area contributed by atoms with E-state index in [0.717, 1.165) is 51.5 Å². The zero-order chi connectivity index (χ0) is 19.5. The molecule has 0 aliphatic carbocycles. The van der Waals surface area contributed by atoms with Crippen molar-refractivity contribution in [2.45, 2.75) is 30.8 Å². The van der Waals surface area contributed by atoms with E-state index in [9.17, 15) is 0 Å². The van der Waals surface area contributed by atoms with Gasteiger partial charge in [0.05, 0.1) is 23.8 Å². The third kappa shape index (κ3) is 3.62. The third-order valence-corrected chi connectivity index (χ3v) is 6.39. The van der Waals surface area contributed by atoms with Crippen molar-refractivity contribution in [3.05, 3.63) is 78.2 Å². The molecule has 3 heterocycles. The van der Waals surface area contributed by atoms with Crippen LogP contribution in [0.4, 0.5) is 0 Å². The highest BCUT2D eigenvalue weighted by atomic mass is 16.5. The first-order chi connectivity index (χ1) is 14.4. The van der Waals surface area contributed by atoms with Crippen LogP contribution in [0.1, 0.15) is 30.1 Å². The van der Waals surface area contributed by atoms with E-state index in [-0.39, 0.29) is 11.5 Å². The lowest BCUT2D eigenvalue weighted by Gasteiger charge is -2.38. The SMILES string of the molecule is c1ccc(-c2ncn(CC3(c4ccccc4)CCOCC3)c2C2CNCN2)cc1. The van der Waals surface area contributed by atoms with Crippen LogP contribution < -0.4 is 10.6 Å². The topological polar surface area (TPSA) is 51.1 Å². The van der Waals surface area contributed by atoms with Crippen LogP contribution in [-0.4, -0.2) is 36.0 Å². The van der Waals surface area contributed by atoms with E-state index in [4.69, 9.17) is 9.72 Å². The van der Waals surface area contributed by atoms with E-state index in [1.165, 1.54) is 16.8 Å². The number of imidazole rings is 1. The maximum Gasteiger partial charge on any atom is 0.0956 e. The quantitative estimate of drug-likeness (QED) is 0.703. The molecule has 0 amide bonds. The van der Waals surface area contributed by atoms with Crippen LogP contribution in [0, 0.1) is 0 Å². The molecule has 1 aromatic heterocycles. The van der Waals surface area contributed by atoms with Crippen LogP contribution in [0.2, 0.25) is 0 Å². The van der Waals surface area contributed by atoms with Gasteiger partial charge in [-0.3, -0.25) is 5.32 Å².